The third-order valence-electron chi connectivity index (χ3n) is 4.63. The van der Waals surface area contributed by atoms with E-state index in [-0.39, 0.29) is 0 Å². The predicted octanol–water partition coefficient (Wildman–Crippen LogP) is 5.40. The van der Waals surface area contributed by atoms with Crippen LogP contribution in [0.15, 0.2) is 24.5 Å². The van der Waals surface area contributed by atoms with E-state index in [1.165, 1.54) is 69.8 Å². The molecule has 0 spiro atoms. The van der Waals surface area contributed by atoms with Crippen molar-refractivity contribution >= 4 is 0 Å². The van der Waals surface area contributed by atoms with Gasteiger partial charge in [-0.1, -0.05) is 58.3 Å². The van der Waals surface area contributed by atoms with Gasteiger partial charge in [-0.2, -0.15) is 0 Å². The second-order valence-electron chi connectivity index (χ2n) is 6.31. The molecule has 19 heavy (non-hydrogen) atoms. The molecule has 0 N–H and O–H groups in total. The maximum atomic E-state index is 4.13. The van der Waals surface area contributed by atoms with Crippen LogP contribution in [0.4, 0.5) is 0 Å². The van der Waals surface area contributed by atoms with Crippen molar-refractivity contribution in [1.82, 2.24) is 4.98 Å². The van der Waals surface area contributed by atoms with E-state index >= 15 is 0 Å². The van der Waals surface area contributed by atoms with Gasteiger partial charge in [0.15, 0.2) is 0 Å². The molecule has 0 aliphatic heterocycles. The number of pyridine rings is 1. The van der Waals surface area contributed by atoms with Crippen LogP contribution in [0.2, 0.25) is 0 Å². The molecule has 1 nitrogen and oxygen atoms in total. The summed E-state index contributed by atoms with van der Waals surface area (Å²) in [6, 6.07) is 4.39. The van der Waals surface area contributed by atoms with E-state index in [2.05, 4.69) is 24.0 Å². The number of nitrogens with zero attached hydrogens (tertiary/aromatic N) is 1. The Balaban J connectivity index is 1.87. The lowest BCUT2D eigenvalue weighted by molar-refractivity contribution is 0.274. The fraction of sp³-hybridized carbons (Fsp3) is 0.722. The quantitative estimate of drug-likeness (QED) is 0.639. The molecule has 0 aromatic carbocycles. The van der Waals surface area contributed by atoms with Gasteiger partial charge in [-0.25, -0.2) is 0 Å². The van der Waals surface area contributed by atoms with Crippen molar-refractivity contribution in [3.8, 4) is 0 Å². The Morgan fingerprint density at radius 3 is 2.58 bits per heavy atom. The number of unbranched alkanes of at least 4 members (excludes halogenated alkanes) is 1. The van der Waals surface area contributed by atoms with Gasteiger partial charge in [-0.3, -0.25) is 4.98 Å². The average molecular weight is 259 g/mol. The largest absolute Gasteiger partial charge is 0.265 e. The lowest BCUT2D eigenvalue weighted by Crippen LogP contribution is -2.14. The van der Waals surface area contributed by atoms with Gasteiger partial charge < -0.3 is 0 Å². The minimum Gasteiger partial charge on any atom is -0.265 e. The number of aromatic nitrogens is 1. The van der Waals surface area contributed by atoms with Crippen molar-refractivity contribution in [3.05, 3.63) is 30.1 Å². The number of hydrogen-bond acceptors (Lipinski definition) is 1. The monoisotopic (exact) mass is 259 g/mol. The SMILES string of the molecule is CCCCC(Cc1ccncc1)CC1CCCCC1. The Labute approximate surface area is 118 Å². The Hall–Kier alpha value is -0.850. The Morgan fingerprint density at radius 2 is 1.89 bits per heavy atom. The molecule has 0 bridgehead atoms. The van der Waals surface area contributed by atoms with E-state index in [1.54, 1.807) is 0 Å². The normalized spacial score (nSPS) is 18.4. The Kier molecular flexibility index (Phi) is 6.39. The minimum atomic E-state index is 0.894. The summed E-state index contributed by atoms with van der Waals surface area (Å²) in [5.74, 6) is 1.91. The highest BCUT2D eigenvalue weighted by atomic mass is 14.6. The molecule has 1 atom stereocenters. The molecule has 1 aliphatic rings. The third-order valence-corrected chi connectivity index (χ3v) is 4.63. The predicted molar refractivity (Wildman–Crippen MR) is 82.1 cm³/mol. The highest BCUT2D eigenvalue weighted by molar-refractivity contribution is 5.10. The molecule has 1 heteroatoms. The van der Waals surface area contributed by atoms with Crippen molar-refractivity contribution < 1.29 is 0 Å². The summed E-state index contributed by atoms with van der Waals surface area (Å²) in [5, 5.41) is 0. The molecule has 1 aromatic heterocycles. The van der Waals surface area contributed by atoms with Gasteiger partial charge in [0.2, 0.25) is 0 Å². The fourth-order valence-corrected chi connectivity index (χ4v) is 3.54. The molecule has 0 amide bonds. The highest BCUT2D eigenvalue weighted by Gasteiger charge is 2.19. The molecule has 1 unspecified atom stereocenters. The first kappa shape index (κ1) is 14.6. The van der Waals surface area contributed by atoms with E-state index in [1.807, 2.05) is 12.4 Å². The van der Waals surface area contributed by atoms with Crippen LogP contribution in [-0.4, -0.2) is 4.98 Å². The first-order valence-electron chi connectivity index (χ1n) is 8.27. The van der Waals surface area contributed by atoms with Crippen molar-refractivity contribution in [3.63, 3.8) is 0 Å². The lowest BCUT2D eigenvalue weighted by Gasteiger charge is -2.26. The lowest BCUT2D eigenvalue weighted by atomic mass is 9.79. The summed E-state index contributed by atoms with van der Waals surface area (Å²) in [6.07, 6.45) is 18.1. The van der Waals surface area contributed by atoms with Crippen LogP contribution >= 0.6 is 0 Å². The van der Waals surface area contributed by atoms with Crippen LogP contribution in [0.3, 0.4) is 0 Å². The first-order valence-corrected chi connectivity index (χ1v) is 8.27. The maximum Gasteiger partial charge on any atom is 0.0270 e. The zero-order valence-electron chi connectivity index (χ0n) is 12.5. The highest BCUT2D eigenvalue weighted by Crippen LogP contribution is 2.32. The fourth-order valence-electron chi connectivity index (χ4n) is 3.54. The summed E-state index contributed by atoms with van der Waals surface area (Å²) in [7, 11) is 0. The van der Waals surface area contributed by atoms with E-state index in [0.717, 1.165) is 11.8 Å². The molecule has 1 fully saturated rings. The van der Waals surface area contributed by atoms with Gasteiger partial charge in [0.25, 0.3) is 0 Å². The number of rotatable bonds is 7. The van der Waals surface area contributed by atoms with E-state index in [9.17, 15) is 0 Å². The maximum absolute atomic E-state index is 4.13. The molecule has 0 saturated heterocycles. The van der Waals surface area contributed by atoms with Gasteiger partial charge in [0, 0.05) is 12.4 Å². The van der Waals surface area contributed by atoms with Crippen LogP contribution in [0, 0.1) is 11.8 Å². The molecular formula is C18H29N. The van der Waals surface area contributed by atoms with Crippen molar-refractivity contribution in [2.45, 2.75) is 71.1 Å². The zero-order chi connectivity index (χ0) is 13.3. The molecule has 106 valence electrons. The molecule has 1 heterocycles. The smallest absolute Gasteiger partial charge is 0.0270 e. The second kappa shape index (κ2) is 8.35. The van der Waals surface area contributed by atoms with Gasteiger partial charge in [-0.05, 0) is 42.4 Å². The average Bonchev–Trinajstić information content (AvgIpc) is 2.47. The summed E-state index contributed by atoms with van der Waals surface area (Å²) in [4.78, 5) is 4.13. The van der Waals surface area contributed by atoms with Crippen molar-refractivity contribution in [1.29, 1.82) is 0 Å². The van der Waals surface area contributed by atoms with Crippen LogP contribution in [0.25, 0.3) is 0 Å². The summed E-state index contributed by atoms with van der Waals surface area (Å²) < 4.78 is 0. The third kappa shape index (κ3) is 5.34. The molecule has 0 radical (unpaired) electrons. The molecule has 1 aromatic rings. The standard InChI is InChI=1S/C18H29N/c1-2-3-7-18(14-16-8-5-4-6-9-16)15-17-10-12-19-13-11-17/h10-13,16,18H,2-9,14-15H2,1H3. The Morgan fingerprint density at radius 1 is 1.16 bits per heavy atom. The minimum absolute atomic E-state index is 0.894. The molecular weight excluding hydrogens is 230 g/mol. The van der Waals surface area contributed by atoms with Crippen LogP contribution in [0.5, 0.6) is 0 Å². The summed E-state index contributed by atoms with van der Waals surface area (Å²) in [5.41, 5.74) is 1.48. The summed E-state index contributed by atoms with van der Waals surface area (Å²) >= 11 is 0. The van der Waals surface area contributed by atoms with Gasteiger partial charge in [0.05, 0.1) is 0 Å². The van der Waals surface area contributed by atoms with Crippen LogP contribution in [-0.2, 0) is 6.42 Å². The van der Waals surface area contributed by atoms with Crippen molar-refractivity contribution in [2.75, 3.05) is 0 Å². The number of hydrogen-bond donors (Lipinski definition) is 0. The van der Waals surface area contributed by atoms with Gasteiger partial charge in [0.1, 0.15) is 0 Å². The van der Waals surface area contributed by atoms with Crippen LogP contribution < -0.4 is 0 Å². The molecule has 1 saturated carbocycles. The van der Waals surface area contributed by atoms with Crippen LogP contribution in [0.1, 0.15) is 70.3 Å². The van der Waals surface area contributed by atoms with Gasteiger partial charge in [-0.15, -0.1) is 0 Å². The first-order chi connectivity index (χ1) is 9.38. The molecule has 2 rings (SSSR count). The molecule has 1 aliphatic carbocycles. The summed E-state index contributed by atoms with van der Waals surface area (Å²) in [6.45, 7) is 2.31. The van der Waals surface area contributed by atoms with E-state index in [0.29, 0.717) is 0 Å². The van der Waals surface area contributed by atoms with E-state index in [4.69, 9.17) is 0 Å². The van der Waals surface area contributed by atoms with Crippen molar-refractivity contribution in [2.24, 2.45) is 11.8 Å². The van der Waals surface area contributed by atoms with E-state index < -0.39 is 0 Å². The second-order valence-corrected chi connectivity index (χ2v) is 6.31. The van der Waals surface area contributed by atoms with Gasteiger partial charge >= 0.3 is 0 Å². The Bertz CT molecular complexity index is 327. The topological polar surface area (TPSA) is 12.9 Å². The zero-order valence-corrected chi connectivity index (χ0v) is 12.5.